The van der Waals surface area contributed by atoms with E-state index in [4.69, 9.17) is 16.7 Å². The normalized spacial score (nSPS) is 16.4. The first kappa shape index (κ1) is 20.5. The van der Waals surface area contributed by atoms with Gasteiger partial charge < -0.3 is 9.84 Å². The number of rotatable bonds is 4. The van der Waals surface area contributed by atoms with Gasteiger partial charge in [0.05, 0.1) is 16.5 Å². The smallest absolute Gasteiger partial charge is 0.258 e. The fourth-order valence-corrected chi connectivity index (χ4v) is 4.71. The van der Waals surface area contributed by atoms with Crippen LogP contribution in [0.25, 0.3) is 16.3 Å². The van der Waals surface area contributed by atoms with E-state index in [0.29, 0.717) is 33.7 Å². The number of thiocarbonyl (C=S) groups is 1. The molecule has 5 rings (SSSR count). The predicted octanol–water partition coefficient (Wildman–Crippen LogP) is 5.94. The molecule has 2 aromatic carbocycles. The minimum atomic E-state index is -0.508. The van der Waals surface area contributed by atoms with Crippen molar-refractivity contribution in [2.75, 3.05) is 4.90 Å². The van der Waals surface area contributed by atoms with Crippen LogP contribution in [0.4, 0.5) is 14.5 Å². The van der Waals surface area contributed by atoms with Crippen molar-refractivity contribution in [3.8, 4) is 10.7 Å². The van der Waals surface area contributed by atoms with Gasteiger partial charge in [-0.15, -0.1) is 11.3 Å². The standard InChI is InChI=1S/C23H16F2N4OS2/c1-13-19(22-27-21(28-30-22)18-6-3-11-32-18)20(14-4-2-5-16(25)12-14)26-23(31)29(13)17-9-7-15(24)8-10-17/h2-12,20H,1H3,(H,26,31). The lowest BCUT2D eigenvalue weighted by molar-refractivity contribution is 0.404. The maximum atomic E-state index is 14.0. The number of nitrogens with one attached hydrogen (secondary N) is 1. The van der Waals surface area contributed by atoms with Gasteiger partial charge in [0.25, 0.3) is 5.89 Å². The maximum Gasteiger partial charge on any atom is 0.258 e. The van der Waals surface area contributed by atoms with E-state index in [1.165, 1.54) is 35.6 Å². The highest BCUT2D eigenvalue weighted by molar-refractivity contribution is 7.80. The number of anilines is 1. The van der Waals surface area contributed by atoms with Crippen molar-refractivity contribution in [3.63, 3.8) is 0 Å². The molecule has 0 amide bonds. The van der Waals surface area contributed by atoms with Crippen molar-refractivity contribution in [1.82, 2.24) is 15.5 Å². The van der Waals surface area contributed by atoms with Crippen molar-refractivity contribution >= 4 is 39.9 Å². The summed E-state index contributed by atoms with van der Waals surface area (Å²) in [5, 5.41) is 9.72. The highest BCUT2D eigenvalue weighted by atomic mass is 32.1. The van der Waals surface area contributed by atoms with E-state index in [0.717, 1.165) is 10.6 Å². The van der Waals surface area contributed by atoms with Crippen molar-refractivity contribution in [2.45, 2.75) is 13.0 Å². The molecule has 1 aliphatic rings. The highest BCUT2D eigenvalue weighted by Crippen LogP contribution is 2.39. The number of allylic oxidation sites excluding steroid dienone is 1. The maximum absolute atomic E-state index is 14.0. The van der Waals surface area contributed by atoms with Crippen molar-refractivity contribution in [3.05, 3.63) is 94.8 Å². The van der Waals surface area contributed by atoms with Crippen molar-refractivity contribution < 1.29 is 13.3 Å². The summed E-state index contributed by atoms with van der Waals surface area (Å²) in [5.41, 5.74) is 2.71. The summed E-state index contributed by atoms with van der Waals surface area (Å²) in [6, 6.07) is 15.6. The highest BCUT2D eigenvalue weighted by Gasteiger charge is 2.35. The Bertz CT molecular complexity index is 1320. The first-order valence-corrected chi connectivity index (χ1v) is 11.0. The predicted molar refractivity (Wildman–Crippen MR) is 124 cm³/mol. The Labute approximate surface area is 192 Å². The first-order chi connectivity index (χ1) is 15.5. The molecule has 9 heteroatoms. The molecule has 32 heavy (non-hydrogen) atoms. The molecule has 3 heterocycles. The molecule has 1 unspecified atom stereocenters. The Balaban J connectivity index is 1.67. The molecule has 0 fully saturated rings. The molecule has 160 valence electrons. The molecule has 0 bridgehead atoms. The van der Waals surface area contributed by atoms with Crippen LogP contribution in [0.2, 0.25) is 0 Å². The van der Waals surface area contributed by atoms with Gasteiger partial charge in [0.15, 0.2) is 5.11 Å². The molecular formula is C23H16F2N4OS2. The first-order valence-electron chi connectivity index (χ1n) is 9.71. The summed E-state index contributed by atoms with van der Waals surface area (Å²) in [7, 11) is 0. The van der Waals surface area contributed by atoms with E-state index < -0.39 is 6.04 Å². The molecule has 4 aromatic rings. The zero-order valence-electron chi connectivity index (χ0n) is 16.8. The molecular weight excluding hydrogens is 450 g/mol. The van der Waals surface area contributed by atoms with Crippen LogP contribution in [0.3, 0.4) is 0 Å². The van der Waals surface area contributed by atoms with Gasteiger partial charge in [-0.2, -0.15) is 4.98 Å². The lowest BCUT2D eigenvalue weighted by Gasteiger charge is -2.37. The number of hydrogen-bond donors (Lipinski definition) is 1. The molecule has 0 aliphatic carbocycles. The molecule has 1 atom stereocenters. The number of thiophene rings is 1. The zero-order valence-corrected chi connectivity index (χ0v) is 18.4. The summed E-state index contributed by atoms with van der Waals surface area (Å²) in [6.07, 6.45) is 0. The monoisotopic (exact) mass is 466 g/mol. The average Bonchev–Trinajstić information content (AvgIpc) is 3.47. The minimum Gasteiger partial charge on any atom is -0.351 e. The Hall–Kier alpha value is -3.43. The minimum absolute atomic E-state index is 0.294. The van der Waals surface area contributed by atoms with Crippen LogP contribution in [-0.2, 0) is 0 Å². The van der Waals surface area contributed by atoms with E-state index in [9.17, 15) is 8.78 Å². The van der Waals surface area contributed by atoms with Gasteiger partial charge in [-0.25, -0.2) is 8.78 Å². The van der Waals surface area contributed by atoms with E-state index in [-0.39, 0.29) is 11.6 Å². The summed E-state index contributed by atoms with van der Waals surface area (Å²) >= 11 is 7.13. The van der Waals surface area contributed by atoms with Gasteiger partial charge in [0, 0.05) is 11.4 Å². The van der Waals surface area contributed by atoms with Gasteiger partial charge in [-0.1, -0.05) is 23.4 Å². The summed E-state index contributed by atoms with van der Waals surface area (Å²) < 4.78 is 33.2. The number of nitrogens with zero attached hydrogens (tertiary/aromatic N) is 3. The van der Waals surface area contributed by atoms with Crippen LogP contribution < -0.4 is 10.2 Å². The van der Waals surface area contributed by atoms with Crippen LogP contribution in [0.5, 0.6) is 0 Å². The third-order valence-corrected chi connectivity index (χ3v) is 6.32. The SMILES string of the molecule is CC1=C(c2nc(-c3cccs3)no2)C(c2cccc(F)c2)NC(=S)N1c1ccc(F)cc1. The van der Waals surface area contributed by atoms with Crippen LogP contribution >= 0.6 is 23.6 Å². The van der Waals surface area contributed by atoms with Crippen LogP contribution in [-0.4, -0.2) is 15.3 Å². The van der Waals surface area contributed by atoms with Gasteiger partial charge in [0.2, 0.25) is 5.82 Å². The third-order valence-electron chi connectivity index (χ3n) is 5.15. The second kappa shape index (κ2) is 8.25. The lowest BCUT2D eigenvalue weighted by Crippen LogP contribution is -2.46. The molecule has 1 N–H and O–H groups in total. The number of hydrogen-bond acceptors (Lipinski definition) is 5. The topological polar surface area (TPSA) is 54.2 Å². The molecule has 0 saturated carbocycles. The van der Waals surface area contributed by atoms with Crippen molar-refractivity contribution in [2.24, 2.45) is 0 Å². The Morgan fingerprint density at radius 3 is 2.59 bits per heavy atom. The second-order valence-electron chi connectivity index (χ2n) is 7.15. The van der Waals surface area contributed by atoms with E-state index in [1.54, 1.807) is 29.2 Å². The third kappa shape index (κ3) is 3.69. The average molecular weight is 467 g/mol. The molecule has 2 aromatic heterocycles. The lowest BCUT2D eigenvalue weighted by atomic mass is 9.94. The van der Waals surface area contributed by atoms with Crippen LogP contribution in [0.1, 0.15) is 24.4 Å². The molecule has 0 spiro atoms. The van der Waals surface area contributed by atoms with E-state index >= 15 is 0 Å². The van der Waals surface area contributed by atoms with Crippen LogP contribution in [0.15, 0.2) is 76.3 Å². The van der Waals surface area contributed by atoms with Crippen LogP contribution in [0, 0.1) is 11.6 Å². The molecule has 0 saturated heterocycles. The van der Waals surface area contributed by atoms with Gasteiger partial charge in [-0.3, -0.25) is 4.90 Å². The fraction of sp³-hybridized carbons (Fsp3) is 0.0870. The summed E-state index contributed by atoms with van der Waals surface area (Å²) in [6.45, 7) is 1.87. The zero-order chi connectivity index (χ0) is 22.2. The summed E-state index contributed by atoms with van der Waals surface area (Å²) in [5.74, 6) is 0.0525. The number of aromatic nitrogens is 2. The molecule has 5 nitrogen and oxygen atoms in total. The number of halogens is 2. The Morgan fingerprint density at radius 2 is 1.88 bits per heavy atom. The van der Waals surface area contributed by atoms with E-state index in [1.807, 2.05) is 24.4 Å². The summed E-state index contributed by atoms with van der Waals surface area (Å²) in [4.78, 5) is 7.25. The number of benzene rings is 2. The largest absolute Gasteiger partial charge is 0.351 e. The van der Waals surface area contributed by atoms with E-state index in [2.05, 4.69) is 15.5 Å². The molecule has 1 aliphatic heterocycles. The second-order valence-corrected chi connectivity index (χ2v) is 8.48. The quantitative estimate of drug-likeness (QED) is 0.376. The molecule has 0 radical (unpaired) electrons. The van der Waals surface area contributed by atoms with Gasteiger partial charge in [-0.05, 0) is 72.5 Å². The van der Waals surface area contributed by atoms with Gasteiger partial charge >= 0.3 is 0 Å². The fourth-order valence-electron chi connectivity index (χ4n) is 3.70. The Morgan fingerprint density at radius 1 is 1.06 bits per heavy atom. The Kier molecular flexibility index (Phi) is 5.28. The van der Waals surface area contributed by atoms with Crippen molar-refractivity contribution in [1.29, 1.82) is 0 Å². The van der Waals surface area contributed by atoms with Gasteiger partial charge in [0.1, 0.15) is 11.6 Å².